The molecule has 1 aromatic carbocycles. The summed E-state index contributed by atoms with van der Waals surface area (Å²) < 4.78 is 26.3. The van der Waals surface area contributed by atoms with Crippen molar-refractivity contribution in [3.8, 4) is 0 Å². The number of aliphatic hydroxyl groups excluding tert-OH is 1. The number of amides is 1. The van der Waals surface area contributed by atoms with E-state index in [1.807, 2.05) is 13.8 Å². The maximum absolute atomic E-state index is 13.3. The van der Waals surface area contributed by atoms with E-state index in [9.17, 15) is 13.6 Å². The summed E-state index contributed by atoms with van der Waals surface area (Å²) in [5.41, 5.74) is -0.113. The normalized spacial score (nSPS) is 11.4. The Morgan fingerprint density at radius 1 is 1.35 bits per heavy atom. The molecule has 0 unspecified atom stereocenters. The van der Waals surface area contributed by atoms with Gasteiger partial charge < -0.3 is 10.4 Å². The molecule has 0 aliphatic heterocycles. The van der Waals surface area contributed by atoms with E-state index in [1.54, 1.807) is 0 Å². The molecule has 0 saturated carbocycles. The lowest BCUT2D eigenvalue weighted by atomic mass is 9.89. The van der Waals surface area contributed by atoms with Gasteiger partial charge in [-0.3, -0.25) is 4.79 Å². The molecule has 3 nitrogen and oxygen atoms in total. The Morgan fingerprint density at radius 3 is 2.70 bits per heavy atom. The lowest BCUT2D eigenvalue weighted by molar-refractivity contribution is -0.120. The third-order valence-electron chi connectivity index (χ3n) is 3.14. The molecule has 1 aromatic rings. The average molecular weight is 285 g/mol. The smallest absolute Gasteiger partial charge is 0.224 e. The van der Waals surface area contributed by atoms with Crippen LogP contribution in [0, 0.1) is 17.0 Å². The third-order valence-corrected chi connectivity index (χ3v) is 3.14. The van der Waals surface area contributed by atoms with E-state index in [2.05, 4.69) is 5.32 Å². The number of aliphatic hydroxyl groups is 1. The molecule has 20 heavy (non-hydrogen) atoms. The van der Waals surface area contributed by atoms with Gasteiger partial charge in [-0.05, 0) is 36.5 Å². The number of carbonyl (C=O) groups is 1. The molecule has 0 aliphatic rings. The average Bonchev–Trinajstić information content (AvgIpc) is 2.39. The molecule has 0 aliphatic carbocycles. The lowest BCUT2D eigenvalue weighted by Gasteiger charge is -2.21. The Kier molecular flexibility index (Phi) is 6.07. The first-order chi connectivity index (χ1) is 9.34. The fourth-order valence-electron chi connectivity index (χ4n) is 1.79. The highest BCUT2D eigenvalue weighted by Gasteiger charge is 2.15. The highest BCUT2D eigenvalue weighted by Crippen LogP contribution is 2.20. The number of benzene rings is 1. The van der Waals surface area contributed by atoms with Crippen LogP contribution in [0.15, 0.2) is 18.2 Å². The van der Waals surface area contributed by atoms with Gasteiger partial charge in [0.2, 0.25) is 5.91 Å². The van der Waals surface area contributed by atoms with Gasteiger partial charge in [-0.15, -0.1) is 0 Å². The molecular formula is C15H21F2NO2. The van der Waals surface area contributed by atoms with E-state index >= 15 is 0 Å². The van der Waals surface area contributed by atoms with Crippen LogP contribution >= 0.6 is 0 Å². The molecular weight excluding hydrogens is 264 g/mol. The van der Waals surface area contributed by atoms with Gasteiger partial charge in [0.25, 0.3) is 0 Å². The maximum Gasteiger partial charge on any atom is 0.224 e. The summed E-state index contributed by atoms with van der Waals surface area (Å²) in [6.45, 7) is 4.43. The van der Waals surface area contributed by atoms with E-state index < -0.39 is 11.6 Å². The van der Waals surface area contributed by atoms with Crippen molar-refractivity contribution in [2.24, 2.45) is 5.41 Å². The maximum atomic E-state index is 13.3. The van der Waals surface area contributed by atoms with E-state index in [0.29, 0.717) is 6.54 Å². The van der Waals surface area contributed by atoms with Crippen molar-refractivity contribution in [1.82, 2.24) is 5.32 Å². The van der Waals surface area contributed by atoms with Crippen molar-refractivity contribution in [1.29, 1.82) is 0 Å². The van der Waals surface area contributed by atoms with Crippen molar-refractivity contribution < 1.29 is 18.7 Å². The van der Waals surface area contributed by atoms with E-state index in [0.717, 1.165) is 31.0 Å². The van der Waals surface area contributed by atoms with Crippen molar-refractivity contribution in [3.05, 3.63) is 35.4 Å². The van der Waals surface area contributed by atoms with Crippen molar-refractivity contribution in [2.75, 3.05) is 13.2 Å². The Bertz CT molecular complexity index is 461. The van der Waals surface area contributed by atoms with Crippen LogP contribution in [0.3, 0.4) is 0 Å². The van der Waals surface area contributed by atoms with Crippen LogP contribution in [0.5, 0.6) is 0 Å². The quantitative estimate of drug-likeness (QED) is 0.756. The Balaban J connectivity index is 2.36. The summed E-state index contributed by atoms with van der Waals surface area (Å²) >= 11 is 0. The van der Waals surface area contributed by atoms with Crippen LogP contribution in [-0.4, -0.2) is 24.2 Å². The molecule has 1 rings (SSSR count). The van der Waals surface area contributed by atoms with Crippen LogP contribution in [0.25, 0.3) is 0 Å². The number of halogens is 2. The molecule has 0 spiro atoms. The number of rotatable bonds is 7. The summed E-state index contributed by atoms with van der Waals surface area (Å²) in [5.74, 6) is -1.47. The first-order valence-electron chi connectivity index (χ1n) is 6.65. The molecule has 0 aromatic heterocycles. The SMILES string of the molecule is CC(C)(CO)CCCNC(=O)Cc1cc(F)ccc1F. The minimum absolute atomic E-state index is 0.0539. The van der Waals surface area contributed by atoms with Gasteiger partial charge in [-0.25, -0.2) is 8.78 Å². The second kappa shape index (κ2) is 7.33. The largest absolute Gasteiger partial charge is 0.396 e. The summed E-state index contributed by atoms with van der Waals surface area (Å²) in [4.78, 5) is 11.6. The minimum Gasteiger partial charge on any atom is -0.396 e. The first-order valence-corrected chi connectivity index (χ1v) is 6.65. The van der Waals surface area contributed by atoms with Gasteiger partial charge in [0, 0.05) is 18.7 Å². The van der Waals surface area contributed by atoms with Gasteiger partial charge >= 0.3 is 0 Å². The predicted molar refractivity (Wildman–Crippen MR) is 73.2 cm³/mol. The zero-order valence-corrected chi connectivity index (χ0v) is 11.9. The van der Waals surface area contributed by atoms with Gasteiger partial charge in [0.15, 0.2) is 0 Å². The van der Waals surface area contributed by atoms with Crippen LogP contribution in [-0.2, 0) is 11.2 Å². The fourth-order valence-corrected chi connectivity index (χ4v) is 1.79. The molecule has 0 atom stereocenters. The van der Waals surface area contributed by atoms with Crippen LogP contribution in [0.1, 0.15) is 32.3 Å². The number of hydrogen-bond donors (Lipinski definition) is 2. The number of hydrogen-bond acceptors (Lipinski definition) is 2. The minimum atomic E-state index is -0.581. The first kappa shape index (κ1) is 16.6. The Hall–Kier alpha value is -1.49. The second-order valence-corrected chi connectivity index (χ2v) is 5.69. The van der Waals surface area contributed by atoms with Crippen molar-refractivity contribution >= 4 is 5.91 Å². The Morgan fingerprint density at radius 2 is 2.05 bits per heavy atom. The van der Waals surface area contributed by atoms with Crippen LogP contribution in [0.4, 0.5) is 8.78 Å². The van der Waals surface area contributed by atoms with E-state index in [1.165, 1.54) is 0 Å². The topological polar surface area (TPSA) is 49.3 Å². The van der Waals surface area contributed by atoms with E-state index in [-0.39, 0.29) is 29.9 Å². The number of nitrogens with one attached hydrogen (secondary N) is 1. The molecule has 0 radical (unpaired) electrons. The van der Waals surface area contributed by atoms with Crippen molar-refractivity contribution in [2.45, 2.75) is 33.1 Å². The summed E-state index contributed by atoms with van der Waals surface area (Å²) in [6.07, 6.45) is 1.33. The summed E-state index contributed by atoms with van der Waals surface area (Å²) in [6, 6.07) is 3.07. The zero-order valence-electron chi connectivity index (χ0n) is 11.9. The second-order valence-electron chi connectivity index (χ2n) is 5.69. The monoisotopic (exact) mass is 285 g/mol. The standard InChI is InChI=1S/C15H21F2NO2/c1-15(2,10-19)6-3-7-18-14(20)9-11-8-12(16)4-5-13(11)17/h4-5,8,19H,3,6-7,9-10H2,1-2H3,(H,18,20). The fraction of sp³-hybridized carbons (Fsp3) is 0.533. The van der Waals surface area contributed by atoms with E-state index in [4.69, 9.17) is 5.11 Å². The molecule has 0 bridgehead atoms. The predicted octanol–water partition coefficient (Wildman–Crippen LogP) is 2.42. The lowest BCUT2D eigenvalue weighted by Crippen LogP contribution is -2.28. The molecule has 0 fully saturated rings. The highest BCUT2D eigenvalue weighted by molar-refractivity contribution is 5.78. The third kappa shape index (κ3) is 5.65. The molecule has 5 heteroatoms. The van der Waals surface area contributed by atoms with Gasteiger partial charge in [0.05, 0.1) is 6.42 Å². The Labute approximate surface area is 118 Å². The zero-order chi connectivity index (χ0) is 15.2. The molecule has 2 N–H and O–H groups in total. The van der Waals surface area contributed by atoms with Gasteiger partial charge in [-0.1, -0.05) is 13.8 Å². The summed E-state index contributed by atoms with van der Waals surface area (Å²) in [5, 5.41) is 11.8. The van der Waals surface area contributed by atoms with Crippen LogP contribution in [0.2, 0.25) is 0 Å². The molecule has 0 saturated heterocycles. The molecule has 1 amide bonds. The molecule has 0 heterocycles. The summed E-state index contributed by atoms with van der Waals surface area (Å²) in [7, 11) is 0. The molecule has 112 valence electrons. The van der Waals surface area contributed by atoms with Crippen molar-refractivity contribution in [3.63, 3.8) is 0 Å². The number of carbonyl (C=O) groups excluding carboxylic acids is 1. The van der Waals surface area contributed by atoms with Gasteiger partial charge in [-0.2, -0.15) is 0 Å². The highest BCUT2D eigenvalue weighted by atomic mass is 19.1. The van der Waals surface area contributed by atoms with Gasteiger partial charge in [0.1, 0.15) is 11.6 Å². The van der Waals surface area contributed by atoms with Crippen LogP contribution < -0.4 is 5.32 Å².